The van der Waals surface area contributed by atoms with Gasteiger partial charge in [0, 0.05) is 0 Å². The van der Waals surface area contributed by atoms with Crippen molar-refractivity contribution in [3.05, 3.63) is 35.9 Å². The molecular weight excluding hydrogens is 226 g/mol. The molecule has 0 spiro atoms. The molecule has 3 nitrogen and oxygen atoms in total. The minimum absolute atomic E-state index is 0.140. The summed E-state index contributed by atoms with van der Waals surface area (Å²) in [5.74, 6) is 0.268. The molecule has 98 valence electrons. The molecule has 0 saturated heterocycles. The number of carbonyl (C=O) groups is 1. The van der Waals surface area contributed by atoms with Crippen LogP contribution in [0.4, 0.5) is 0 Å². The van der Waals surface area contributed by atoms with Crippen molar-refractivity contribution in [3.8, 4) is 0 Å². The minimum atomic E-state index is -0.535. The molecule has 1 atom stereocenters. The van der Waals surface area contributed by atoms with Gasteiger partial charge in [-0.15, -0.1) is 0 Å². The molecule has 0 heterocycles. The summed E-state index contributed by atoms with van der Waals surface area (Å²) < 4.78 is 5.44. The fourth-order valence-corrected chi connectivity index (χ4v) is 2.33. The first-order chi connectivity index (χ1) is 8.66. The lowest BCUT2D eigenvalue weighted by Gasteiger charge is -2.40. The summed E-state index contributed by atoms with van der Waals surface area (Å²) in [5, 5.41) is 3.14. The van der Waals surface area contributed by atoms with Gasteiger partial charge in [-0.3, -0.25) is 4.79 Å². The molecule has 1 aromatic carbocycles. The van der Waals surface area contributed by atoms with E-state index in [1.54, 1.807) is 0 Å². The average molecular weight is 247 g/mol. The van der Waals surface area contributed by atoms with Crippen molar-refractivity contribution in [2.75, 3.05) is 7.05 Å². The summed E-state index contributed by atoms with van der Waals surface area (Å²) in [6.45, 7) is 2.30. The molecule has 0 amide bonds. The second kappa shape index (κ2) is 5.53. The molecule has 0 aromatic heterocycles. The van der Waals surface area contributed by atoms with E-state index in [4.69, 9.17) is 4.74 Å². The fourth-order valence-electron chi connectivity index (χ4n) is 2.33. The van der Waals surface area contributed by atoms with E-state index < -0.39 is 5.54 Å². The maximum atomic E-state index is 12.2. The van der Waals surface area contributed by atoms with Gasteiger partial charge in [-0.05, 0) is 38.3 Å². The zero-order chi connectivity index (χ0) is 13.0. The Labute approximate surface area is 109 Å². The summed E-state index contributed by atoms with van der Waals surface area (Å²) in [6.07, 6.45) is 3.43. The van der Waals surface area contributed by atoms with Crippen molar-refractivity contribution in [1.29, 1.82) is 0 Å². The Bertz CT molecular complexity index is 400. The first kappa shape index (κ1) is 13.1. The van der Waals surface area contributed by atoms with E-state index in [1.165, 1.54) is 6.42 Å². The molecule has 3 heteroatoms. The standard InChI is InChI=1S/C15H21NO2/c1-15(16-2,13-9-6-10-13)14(17)18-11-12-7-4-3-5-8-12/h3-5,7-8,13,16H,6,9-11H2,1-2H3. The van der Waals surface area contributed by atoms with Crippen LogP contribution in [0.15, 0.2) is 30.3 Å². The number of nitrogens with one attached hydrogen (secondary N) is 1. The topological polar surface area (TPSA) is 38.3 Å². The van der Waals surface area contributed by atoms with Crippen molar-refractivity contribution in [3.63, 3.8) is 0 Å². The Hall–Kier alpha value is -1.35. The number of hydrogen-bond acceptors (Lipinski definition) is 3. The highest BCUT2D eigenvalue weighted by molar-refractivity contribution is 5.81. The lowest BCUT2D eigenvalue weighted by Crippen LogP contribution is -2.56. The van der Waals surface area contributed by atoms with Crippen molar-refractivity contribution < 1.29 is 9.53 Å². The maximum Gasteiger partial charge on any atom is 0.326 e. The lowest BCUT2D eigenvalue weighted by molar-refractivity contribution is -0.156. The lowest BCUT2D eigenvalue weighted by atomic mass is 9.71. The van der Waals surface area contributed by atoms with Crippen LogP contribution in [0.5, 0.6) is 0 Å². The van der Waals surface area contributed by atoms with Gasteiger partial charge >= 0.3 is 5.97 Å². The summed E-state index contributed by atoms with van der Waals surface area (Å²) in [5.41, 5.74) is 0.491. The van der Waals surface area contributed by atoms with Crippen LogP contribution < -0.4 is 5.32 Å². The molecule has 1 aliphatic rings. The Kier molecular flexibility index (Phi) is 4.02. The maximum absolute atomic E-state index is 12.2. The average Bonchev–Trinajstić information content (AvgIpc) is 2.34. The smallest absolute Gasteiger partial charge is 0.326 e. The number of benzene rings is 1. The van der Waals surface area contributed by atoms with Crippen molar-refractivity contribution >= 4 is 5.97 Å². The van der Waals surface area contributed by atoms with Gasteiger partial charge in [0.1, 0.15) is 12.1 Å². The van der Waals surface area contributed by atoms with Crippen LogP contribution in [0, 0.1) is 5.92 Å². The number of likely N-dealkylation sites (N-methyl/N-ethyl adjacent to an activating group) is 1. The molecule has 1 N–H and O–H groups in total. The van der Waals surface area contributed by atoms with Gasteiger partial charge in [-0.2, -0.15) is 0 Å². The first-order valence-electron chi connectivity index (χ1n) is 6.57. The minimum Gasteiger partial charge on any atom is -0.459 e. The second-order valence-corrected chi connectivity index (χ2v) is 5.14. The molecule has 1 fully saturated rings. The van der Waals surface area contributed by atoms with Crippen LogP contribution in [-0.4, -0.2) is 18.6 Å². The molecule has 1 unspecified atom stereocenters. The highest BCUT2D eigenvalue weighted by Gasteiger charge is 2.44. The van der Waals surface area contributed by atoms with Gasteiger partial charge in [0.05, 0.1) is 0 Å². The van der Waals surface area contributed by atoms with E-state index in [1.807, 2.05) is 44.3 Å². The highest BCUT2D eigenvalue weighted by atomic mass is 16.5. The zero-order valence-corrected chi connectivity index (χ0v) is 11.1. The predicted octanol–water partition coefficient (Wildman–Crippen LogP) is 2.51. The number of carbonyl (C=O) groups excluding carboxylic acids is 1. The second-order valence-electron chi connectivity index (χ2n) is 5.14. The Morgan fingerprint density at radius 3 is 2.56 bits per heavy atom. The largest absolute Gasteiger partial charge is 0.459 e. The Morgan fingerprint density at radius 2 is 2.06 bits per heavy atom. The van der Waals surface area contributed by atoms with E-state index in [-0.39, 0.29) is 5.97 Å². The molecule has 1 aliphatic carbocycles. The molecule has 0 aliphatic heterocycles. The molecule has 1 aromatic rings. The van der Waals surface area contributed by atoms with Gasteiger partial charge in [0.15, 0.2) is 0 Å². The number of rotatable bonds is 5. The van der Waals surface area contributed by atoms with Crippen LogP contribution in [0.25, 0.3) is 0 Å². The monoisotopic (exact) mass is 247 g/mol. The van der Waals surface area contributed by atoms with Crippen LogP contribution in [0.1, 0.15) is 31.7 Å². The van der Waals surface area contributed by atoms with Gasteiger partial charge < -0.3 is 10.1 Å². The summed E-state index contributed by atoms with van der Waals surface area (Å²) in [7, 11) is 1.84. The normalized spacial score (nSPS) is 18.8. The predicted molar refractivity (Wildman–Crippen MR) is 71.0 cm³/mol. The SMILES string of the molecule is CNC(C)(C(=O)OCc1ccccc1)C1CCC1. The molecular formula is C15H21NO2. The van der Waals surface area contributed by atoms with Gasteiger partial charge in [0.2, 0.25) is 0 Å². The highest BCUT2D eigenvalue weighted by Crippen LogP contribution is 2.36. The molecule has 2 rings (SSSR count). The van der Waals surface area contributed by atoms with Gasteiger partial charge in [0.25, 0.3) is 0 Å². The Morgan fingerprint density at radius 1 is 1.39 bits per heavy atom. The van der Waals surface area contributed by atoms with Crippen molar-refractivity contribution in [2.45, 2.75) is 38.3 Å². The molecule has 1 saturated carbocycles. The molecule has 0 radical (unpaired) electrons. The number of ether oxygens (including phenoxy) is 1. The quantitative estimate of drug-likeness (QED) is 0.812. The first-order valence-corrected chi connectivity index (χ1v) is 6.57. The van der Waals surface area contributed by atoms with Crippen molar-refractivity contribution in [1.82, 2.24) is 5.32 Å². The fraction of sp³-hybridized carbons (Fsp3) is 0.533. The third-order valence-electron chi connectivity index (χ3n) is 4.08. The van der Waals surface area contributed by atoms with Crippen LogP contribution >= 0.6 is 0 Å². The van der Waals surface area contributed by atoms with E-state index in [0.29, 0.717) is 12.5 Å². The third-order valence-corrected chi connectivity index (χ3v) is 4.08. The zero-order valence-electron chi connectivity index (χ0n) is 11.1. The molecule has 0 bridgehead atoms. The van der Waals surface area contributed by atoms with E-state index in [0.717, 1.165) is 18.4 Å². The Balaban J connectivity index is 1.94. The number of hydrogen-bond donors (Lipinski definition) is 1. The summed E-state index contributed by atoms with van der Waals surface area (Å²) >= 11 is 0. The number of esters is 1. The summed E-state index contributed by atoms with van der Waals surface area (Å²) in [4.78, 5) is 12.2. The van der Waals surface area contributed by atoms with Crippen molar-refractivity contribution in [2.24, 2.45) is 5.92 Å². The van der Waals surface area contributed by atoms with Gasteiger partial charge in [-0.25, -0.2) is 0 Å². The summed E-state index contributed by atoms with van der Waals surface area (Å²) in [6, 6.07) is 9.79. The van der Waals surface area contributed by atoms with Crippen LogP contribution in [0.3, 0.4) is 0 Å². The van der Waals surface area contributed by atoms with Crippen LogP contribution in [0.2, 0.25) is 0 Å². The van der Waals surface area contributed by atoms with E-state index >= 15 is 0 Å². The third kappa shape index (κ3) is 2.56. The van der Waals surface area contributed by atoms with Crippen LogP contribution in [-0.2, 0) is 16.1 Å². The van der Waals surface area contributed by atoms with Gasteiger partial charge in [-0.1, -0.05) is 36.8 Å². The molecule has 18 heavy (non-hydrogen) atoms. The van der Waals surface area contributed by atoms with E-state index in [2.05, 4.69) is 5.32 Å². The van der Waals surface area contributed by atoms with E-state index in [9.17, 15) is 4.79 Å².